The molecule has 0 bridgehead atoms. The molecule has 1 rings (SSSR count). The third-order valence-electron chi connectivity index (χ3n) is 2.43. The van der Waals surface area contributed by atoms with Crippen molar-refractivity contribution in [3.8, 4) is 0 Å². The predicted molar refractivity (Wildman–Crippen MR) is 74.1 cm³/mol. The Bertz CT molecular complexity index is 356. The largest absolute Gasteiger partial charge is 0.465 e. The predicted octanol–water partition coefficient (Wildman–Crippen LogP) is 1.17. The Balaban J connectivity index is 2.10. The second kappa shape index (κ2) is 9.03. The van der Waals surface area contributed by atoms with Crippen LogP contribution in [0, 0.1) is 0 Å². The molecule has 0 aliphatic rings. The van der Waals surface area contributed by atoms with E-state index in [1.165, 1.54) is 0 Å². The van der Waals surface area contributed by atoms with E-state index in [0.717, 1.165) is 4.88 Å². The first-order valence-corrected chi connectivity index (χ1v) is 7.19. The van der Waals surface area contributed by atoms with Gasteiger partial charge in [0.15, 0.2) is 0 Å². The number of carbonyl (C=O) groups excluding carboxylic acids is 1. The van der Waals surface area contributed by atoms with Gasteiger partial charge in [-0.3, -0.25) is 4.79 Å². The number of ether oxygens (including phenoxy) is 2. The smallest absolute Gasteiger partial charge is 0.322 e. The highest BCUT2D eigenvalue weighted by molar-refractivity contribution is 7.09. The number of esters is 1. The molecule has 0 saturated carbocycles. The van der Waals surface area contributed by atoms with Gasteiger partial charge in [0.05, 0.1) is 25.9 Å². The summed E-state index contributed by atoms with van der Waals surface area (Å²) in [5.41, 5.74) is 0. The molecule has 0 spiro atoms. The van der Waals surface area contributed by atoms with E-state index in [0.29, 0.717) is 19.8 Å². The van der Waals surface area contributed by atoms with E-state index in [9.17, 15) is 9.90 Å². The van der Waals surface area contributed by atoms with Crippen LogP contribution in [0.25, 0.3) is 0 Å². The number of hydrogen-bond acceptors (Lipinski definition) is 6. The Morgan fingerprint density at radius 3 is 3.00 bits per heavy atom. The Labute approximate surface area is 117 Å². The zero-order valence-corrected chi connectivity index (χ0v) is 12.1. The molecular formula is C13H21NO4S. The average Bonchev–Trinajstić information content (AvgIpc) is 2.89. The molecule has 0 saturated heterocycles. The fraction of sp³-hybridized carbons (Fsp3) is 0.615. The minimum Gasteiger partial charge on any atom is -0.465 e. The monoisotopic (exact) mass is 287 g/mol. The maximum atomic E-state index is 11.3. The molecule has 5 nitrogen and oxygen atoms in total. The van der Waals surface area contributed by atoms with Crippen LogP contribution in [-0.4, -0.2) is 43.0 Å². The van der Waals surface area contributed by atoms with Gasteiger partial charge < -0.3 is 19.9 Å². The van der Waals surface area contributed by atoms with E-state index in [1.807, 2.05) is 17.5 Å². The summed E-state index contributed by atoms with van der Waals surface area (Å²) >= 11 is 1.62. The Hall–Kier alpha value is -0.950. The molecular weight excluding hydrogens is 266 g/mol. The van der Waals surface area contributed by atoms with Crippen LogP contribution in [0.15, 0.2) is 17.5 Å². The van der Waals surface area contributed by atoms with Crippen molar-refractivity contribution in [2.45, 2.75) is 32.6 Å². The molecule has 1 aromatic heterocycles. The summed E-state index contributed by atoms with van der Waals surface area (Å²) < 4.78 is 10.2. The van der Waals surface area contributed by atoms with Crippen molar-refractivity contribution >= 4 is 17.3 Å². The molecule has 0 amide bonds. The van der Waals surface area contributed by atoms with E-state index in [2.05, 4.69) is 5.32 Å². The molecule has 0 aliphatic carbocycles. The third kappa shape index (κ3) is 6.68. The van der Waals surface area contributed by atoms with E-state index >= 15 is 0 Å². The summed E-state index contributed by atoms with van der Waals surface area (Å²) in [7, 11) is 0. The van der Waals surface area contributed by atoms with Crippen molar-refractivity contribution in [1.82, 2.24) is 5.32 Å². The maximum Gasteiger partial charge on any atom is 0.322 e. The SMILES string of the molecule is CCOC(=O)C(C)NCC(O)COCc1cccs1. The van der Waals surface area contributed by atoms with Gasteiger partial charge in [-0.05, 0) is 25.3 Å². The number of thiophene rings is 1. The van der Waals surface area contributed by atoms with Gasteiger partial charge in [0.25, 0.3) is 0 Å². The zero-order valence-electron chi connectivity index (χ0n) is 11.3. The number of aliphatic hydroxyl groups is 1. The first-order chi connectivity index (χ1) is 9.13. The Morgan fingerprint density at radius 1 is 1.58 bits per heavy atom. The van der Waals surface area contributed by atoms with Crippen LogP contribution < -0.4 is 5.32 Å². The van der Waals surface area contributed by atoms with Gasteiger partial charge in [-0.15, -0.1) is 11.3 Å². The summed E-state index contributed by atoms with van der Waals surface area (Å²) in [5.74, 6) is -0.311. The van der Waals surface area contributed by atoms with Crippen LogP contribution in [0.2, 0.25) is 0 Å². The molecule has 108 valence electrons. The lowest BCUT2D eigenvalue weighted by Gasteiger charge is -2.16. The van der Waals surface area contributed by atoms with E-state index in [4.69, 9.17) is 9.47 Å². The normalized spacial score (nSPS) is 14.1. The van der Waals surface area contributed by atoms with Crippen LogP contribution in [0.5, 0.6) is 0 Å². The first-order valence-electron chi connectivity index (χ1n) is 6.31. The molecule has 2 N–H and O–H groups in total. The van der Waals surface area contributed by atoms with Crippen LogP contribution in [-0.2, 0) is 20.9 Å². The molecule has 2 unspecified atom stereocenters. The molecule has 0 radical (unpaired) electrons. The van der Waals surface area contributed by atoms with Gasteiger partial charge in [0, 0.05) is 11.4 Å². The molecule has 1 heterocycles. The number of rotatable bonds is 9. The highest BCUT2D eigenvalue weighted by Crippen LogP contribution is 2.09. The number of carbonyl (C=O) groups is 1. The van der Waals surface area contributed by atoms with Crippen molar-refractivity contribution in [3.05, 3.63) is 22.4 Å². The topological polar surface area (TPSA) is 67.8 Å². The maximum absolute atomic E-state index is 11.3. The lowest BCUT2D eigenvalue weighted by atomic mass is 10.3. The lowest BCUT2D eigenvalue weighted by molar-refractivity contribution is -0.145. The molecule has 2 atom stereocenters. The van der Waals surface area contributed by atoms with Crippen LogP contribution in [0.3, 0.4) is 0 Å². The fourth-order valence-electron chi connectivity index (χ4n) is 1.41. The van der Waals surface area contributed by atoms with Crippen molar-refractivity contribution < 1.29 is 19.4 Å². The van der Waals surface area contributed by atoms with Crippen molar-refractivity contribution in [2.24, 2.45) is 0 Å². The van der Waals surface area contributed by atoms with Crippen molar-refractivity contribution in [1.29, 1.82) is 0 Å². The quantitative estimate of drug-likeness (QED) is 0.667. The standard InChI is InChI=1S/C13H21NO4S/c1-3-18-13(16)10(2)14-7-11(15)8-17-9-12-5-4-6-19-12/h4-6,10-11,14-15H,3,7-9H2,1-2H3. The third-order valence-corrected chi connectivity index (χ3v) is 3.28. The van der Waals surface area contributed by atoms with Crippen LogP contribution in [0.4, 0.5) is 0 Å². The second-order valence-corrected chi connectivity index (χ2v) is 5.16. The zero-order chi connectivity index (χ0) is 14.1. The molecule has 19 heavy (non-hydrogen) atoms. The molecule has 6 heteroatoms. The van der Waals surface area contributed by atoms with E-state index in [1.54, 1.807) is 25.2 Å². The molecule has 0 aliphatic heterocycles. The highest BCUT2D eigenvalue weighted by Gasteiger charge is 2.14. The number of aliphatic hydroxyl groups excluding tert-OH is 1. The summed E-state index contributed by atoms with van der Waals surface area (Å²) in [5, 5.41) is 14.6. The van der Waals surface area contributed by atoms with Crippen molar-refractivity contribution in [3.63, 3.8) is 0 Å². The summed E-state index contributed by atoms with van der Waals surface area (Å²) in [6.07, 6.45) is -0.642. The Morgan fingerprint density at radius 2 is 2.37 bits per heavy atom. The van der Waals surface area contributed by atoms with Gasteiger partial charge >= 0.3 is 5.97 Å². The first kappa shape index (κ1) is 16.1. The minimum atomic E-state index is -0.642. The van der Waals surface area contributed by atoms with Gasteiger partial charge in [-0.2, -0.15) is 0 Å². The van der Waals surface area contributed by atoms with Gasteiger partial charge in [-0.1, -0.05) is 6.07 Å². The lowest BCUT2D eigenvalue weighted by Crippen LogP contribution is -2.41. The second-order valence-electron chi connectivity index (χ2n) is 4.13. The van der Waals surface area contributed by atoms with Gasteiger partial charge in [0.2, 0.25) is 0 Å². The fourth-order valence-corrected chi connectivity index (χ4v) is 2.05. The van der Waals surface area contributed by atoms with Crippen LogP contribution in [0.1, 0.15) is 18.7 Å². The van der Waals surface area contributed by atoms with E-state index < -0.39 is 12.1 Å². The van der Waals surface area contributed by atoms with Crippen LogP contribution >= 0.6 is 11.3 Å². The number of hydrogen-bond donors (Lipinski definition) is 2. The molecule has 1 aromatic rings. The summed E-state index contributed by atoms with van der Waals surface area (Å²) in [4.78, 5) is 12.5. The number of nitrogens with one attached hydrogen (secondary N) is 1. The Kier molecular flexibility index (Phi) is 7.66. The molecule has 0 fully saturated rings. The molecule has 0 aromatic carbocycles. The summed E-state index contributed by atoms with van der Waals surface area (Å²) in [6, 6.07) is 3.52. The average molecular weight is 287 g/mol. The minimum absolute atomic E-state index is 0.237. The highest BCUT2D eigenvalue weighted by atomic mass is 32.1. The summed E-state index contributed by atoms with van der Waals surface area (Å²) in [6.45, 7) is 4.86. The van der Waals surface area contributed by atoms with E-state index in [-0.39, 0.29) is 12.6 Å². The van der Waals surface area contributed by atoms with Crippen molar-refractivity contribution in [2.75, 3.05) is 19.8 Å². The van der Waals surface area contributed by atoms with Gasteiger partial charge in [-0.25, -0.2) is 0 Å². The van der Waals surface area contributed by atoms with Gasteiger partial charge in [0.1, 0.15) is 6.04 Å².